The zero-order chi connectivity index (χ0) is 16.2. The Kier molecular flexibility index (Phi) is 4.73. The van der Waals surface area contributed by atoms with Gasteiger partial charge in [0.05, 0.1) is 0 Å². The molecule has 0 saturated carbocycles. The van der Waals surface area contributed by atoms with Crippen molar-refractivity contribution in [3.63, 3.8) is 0 Å². The van der Waals surface area contributed by atoms with Gasteiger partial charge in [0, 0.05) is 49.8 Å². The fourth-order valence-corrected chi connectivity index (χ4v) is 3.24. The van der Waals surface area contributed by atoms with Crippen LogP contribution in [0.5, 0.6) is 0 Å². The number of nitrogens with one attached hydrogen (secondary N) is 2. The van der Waals surface area contributed by atoms with Crippen LogP contribution in [0.4, 0.5) is 5.82 Å². The molecular weight excluding hydrogens is 294 g/mol. The van der Waals surface area contributed by atoms with E-state index in [9.17, 15) is 9.59 Å². The van der Waals surface area contributed by atoms with E-state index in [4.69, 9.17) is 0 Å². The second-order valence-electron chi connectivity index (χ2n) is 6.33. The lowest BCUT2D eigenvalue weighted by molar-refractivity contribution is -0.140. The van der Waals surface area contributed by atoms with Crippen LogP contribution in [0.25, 0.3) is 0 Å². The Balaban J connectivity index is 1.50. The first-order valence-corrected chi connectivity index (χ1v) is 8.22. The van der Waals surface area contributed by atoms with Crippen molar-refractivity contribution in [2.24, 2.45) is 5.92 Å². The van der Waals surface area contributed by atoms with E-state index in [-0.39, 0.29) is 17.7 Å². The predicted octanol–water partition coefficient (Wildman–Crippen LogP) is 0.714. The van der Waals surface area contributed by atoms with Gasteiger partial charge in [-0.15, -0.1) is 0 Å². The van der Waals surface area contributed by atoms with Crippen LogP contribution in [0, 0.1) is 12.8 Å². The first kappa shape index (κ1) is 15.7. The molecule has 7 heteroatoms. The fraction of sp³-hybridized carbons (Fsp3) is 0.625. The number of anilines is 1. The van der Waals surface area contributed by atoms with Gasteiger partial charge in [-0.3, -0.25) is 9.59 Å². The molecule has 0 radical (unpaired) electrons. The Morgan fingerprint density at radius 2 is 2.09 bits per heavy atom. The van der Waals surface area contributed by atoms with Crippen molar-refractivity contribution in [1.82, 2.24) is 20.2 Å². The molecule has 2 fully saturated rings. The second kappa shape index (κ2) is 6.93. The SMILES string of the molecule is Cc1cc(NC2CCN(C(=O)C3CCNC(=O)C3)CC2)ncn1. The number of carbonyl (C=O) groups excluding carboxylic acids is 2. The van der Waals surface area contributed by atoms with Crippen LogP contribution < -0.4 is 10.6 Å². The number of hydrogen-bond donors (Lipinski definition) is 2. The molecule has 3 rings (SSSR count). The Hall–Kier alpha value is -2.18. The Morgan fingerprint density at radius 3 is 2.78 bits per heavy atom. The highest BCUT2D eigenvalue weighted by Crippen LogP contribution is 2.21. The van der Waals surface area contributed by atoms with Crippen molar-refractivity contribution in [3.05, 3.63) is 18.1 Å². The van der Waals surface area contributed by atoms with Crippen molar-refractivity contribution in [3.8, 4) is 0 Å². The van der Waals surface area contributed by atoms with Crippen LogP contribution in [0.1, 0.15) is 31.4 Å². The van der Waals surface area contributed by atoms with E-state index in [1.807, 2.05) is 17.9 Å². The third kappa shape index (κ3) is 3.97. The number of piperidine rings is 2. The Morgan fingerprint density at radius 1 is 1.30 bits per heavy atom. The lowest BCUT2D eigenvalue weighted by atomic mass is 9.94. The Bertz CT molecular complexity index is 584. The smallest absolute Gasteiger partial charge is 0.226 e. The Labute approximate surface area is 135 Å². The summed E-state index contributed by atoms with van der Waals surface area (Å²) in [5.74, 6) is 0.825. The number of hydrogen-bond acceptors (Lipinski definition) is 5. The van der Waals surface area contributed by atoms with Gasteiger partial charge in [0.1, 0.15) is 12.1 Å². The summed E-state index contributed by atoms with van der Waals surface area (Å²) in [5.41, 5.74) is 0.936. The molecule has 0 bridgehead atoms. The van der Waals surface area contributed by atoms with Gasteiger partial charge >= 0.3 is 0 Å². The van der Waals surface area contributed by atoms with Crippen LogP contribution in [0.15, 0.2) is 12.4 Å². The fourth-order valence-electron chi connectivity index (χ4n) is 3.24. The lowest BCUT2D eigenvalue weighted by Gasteiger charge is -2.35. The van der Waals surface area contributed by atoms with E-state index in [1.54, 1.807) is 6.33 Å². The summed E-state index contributed by atoms with van der Waals surface area (Å²) < 4.78 is 0. The van der Waals surface area contributed by atoms with Crippen molar-refractivity contribution >= 4 is 17.6 Å². The molecule has 2 aliphatic heterocycles. The highest BCUT2D eigenvalue weighted by Gasteiger charge is 2.31. The number of nitrogens with zero attached hydrogens (tertiary/aromatic N) is 3. The molecule has 2 saturated heterocycles. The van der Waals surface area contributed by atoms with Gasteiger partial charge in [0.25, 0.3) is 0 Å². The van der Waals surface area contributed by atoms with Crippen LogP contribution >= 0.6 is 0 Å². The van der Waals surface area contributed by atoms with E-state index >= 15 is 0 Å². The topological polar surface area (TPSA) is 87.2 Å². The first-order chi connectivity index (χ1) is 11.1. The maximum absolute atomic E-state index is 12.5. The van der Waals surface area contributed by atoms with Gasteiger partial charge < -0.3 is 15.5 Å². The molecule has 2 aliphatic rings. The summed E-state index contributed by atoms with van der Waals surface area (Å²) in [6, 6.07) is 2.25. The molecule has 1 aromatic heterocycles. The van der Waals surface area contributed by atoms with Gasteiger partial charge in [-0.05, 0) is 26.2 Å². The molecule has 1 aromatic rings. The summed E-state index contributed by atoms with van der Waals surface area (Å²) in [5, 5.41) is 6.19. The van der Waals surface area contributed by atoms with Crippen LogP contribution in [-0.4, -0.2) is 52.4 Å². The lowest BCUT2D eigenvalue weighted by Crippen LogP contribution is -2.47. The highest BCUT2D eigenvalue weighted by atomic mass is 16.2. The quantitative estimate of drug-likeness (QED) is 0.857. The summed E-state index contributed by atoms with van der Waals surface area (Å²) in [4.78, 5) is 34.2. The van der Waals surface area contributed by atoms with E-state index in [1.165, 1.54) is 0 Å². The minimum absolute atomic E-state index is 0.00900. The number of rotatable bonds is 3. The largest absolute Gasteiger partial charge is 0.367 e. The molecule has 1 atom stereocenters. The van der Waals surface area contributed by atoms with Crippen LogP contribution in [-0.2, 0) is 9.59 Å². The summed E-state index contributed by atoms with van der Waals surface area (Å²) in [6.07, 6.45) is 4.44. The number of amides is 2. The normalized spacial score (nSPS) is 22.6. The van der Waals surface area contributed by atoms with E-state index in [0.29, 0.717) is 19.0 Å². The maximum Gasteiger partial charge on any atom is 0.226 e. The summed E-state index contributed by atoms with van der Waals surface area (Å²) >= 11 is 0. The first-order valence-electron chi connectivity index (χ1n) is 8.22. The molecule has 124 valence electrons. The van der Waals surface area contributed by atoms with Crippen LogP contribution in [0.3, 0.4) is 0 Å². The number of aryl methyl sites for hydroxylation is 1. The average Bonchev–Trinajstić information content (AvgIpc) is 2.55. The zero-order valence-electron chi connectivity index (χ0n) is 13.4. The molecule has 2 amide bonds. The number of aromatic nitrogens is 2. The van der Waals surface area contributed by atoms with Gasteiger partial charge in [0.2, 0.25) is 11.8 Å². The molecule has 7 nitrogen and oxygen atoms in total. The zero-order valence-corrected chi connectivity index (χ0v) is 13.4. The molecule has 23 heavy (non-hydrogen) atoms. The van der Waals surface area contributed by atoms with E-state index < -0.39 is 0 Å². The third-order valence-corrected chi connectivity index (χ3v) is 4.56. The maximum atomic E-state index is 12.5. The highest BCUT2D eigenvalue weighted by molar-refractivity contribution is 5.87. The minimum atomic E-state index is -0.141. The average molecular weight is 317 g/mol. The second-order valence-corrected chi connectivity index (χ2v) is 6.33. The van der Waals surface area contributed by atoms with Crippen molar-refractivity contribution in [1.29, 1.82) is 0 Å². The molecular formula is C16H23N5O2. The summed E-state index contributed by atoms with van der Waals surface area (Å²) in [6.45, 7) is 4.02. The van der Waals surface area contributed by atoms with Gasteiger partial charge in [-0.1, -0.05) is 0 Å². The molecule has 0 aliphatic carbocycles. The minimum Gasteiger partial charge on any atom is -0.367 e. The molecule has 0 spiro atoms. The number of carbonyl (C=O) groups is 2. The third-order valence-electron chi connectivity index (χ3n) is 4.56. The summed E-state index contributed by atoms with van der Waals surface area (Å²) in [7, 11) is 0. The van der Waals surface area contributed by atoms with Crippen molar-refractivity contribution in [2.45, 2.75) is 38.6 Å². The standard InChI is InChI=1S/C16H23N5O2/c1-11-8-14(19-10-18-11)20-13-3-6-21(7-4-13)16(23)12-2-5-17-15(22)9-12/h8,10,12-13H,2-7,9H2,1H3,(H,17,22)(H,18,19,20). The van der Waals surface area contributed by atoms with Gasteiger partial charge in [0.15, 0.2) is 0 Å². The van der Waals surface area contributed by atoms with E-state index in [0.717, 1.165) is 43.9 Å². The predicted molar refractivity (Wildman–Crippen MR) is 85.7 cm³/mol. The van der Waals surface area contributed by atoms with Crippen LogP contribution in [0.2, 0.25) is 0 Å². The van der Waals surface area contributed by atoms with Crippen molar-refractivity contribution in [2.75, 3.05) is 25.0 Å². The van der Waals surface area contributed by atoms with Crippen molar-refractivity contribution < 1.29 is 9.59 Å². The van der Waals surface area contributed by atoms with E-state index in [2.05, 4.69) is 20.6 Å². The monoisotopic (exact) mass is 317 g/mol. The molecule has 3 heterocycles. The molecule has 2 N–H and O–H groups in total. The molecule has 0 aromatic carbocycles. The van der Waals surface area contributed by atoms with Gasteiger partial charge in [-0.2, -0.15) is 0 Å². The number of likely N-dealkylation sites (tertiary alicyclic amines) is 1. The van der Waals surface area contributed by atoms with Gasteiger partial charge in [-0.25, -0.2) is 9.97 Å². The molecule has 1 unspecified atom stereocenters.